The Kier molecular flexibility index (Phi) is 4.40. The van der Waals surface area contributed by atoms with Crippen LogP contribution in [0.25, 0.3) is 10.2 Å². The van der Waals surface area contributed by atoms with Gasteiger partial charge in [-0.25, -0.2) is 9.36 Å². The van der Waals surface area contributed by atoms with E-state index in [4.69, 9.17) is 4.74 Å². The monoisotopic (exact) mass is 375 g/mol. The number of nitrogens with zero attached hydrogens (tertiary/aromatic N) is 1. The van der Waals surface area contributed by atoms with Gasteiger partial charge in [-0.1, -0.05) is 41.7 Å². The van der Waals surface area contributed by atoms with Gasteiger partial charge in [0.1, 0.15) is 5.75 Å². The van der Waals surface area contributed by atoms with Gasteiger partial charge in [0, 0.05) is 5.56 Å². The summed E-state index contributed by atoms with van der Waals surface area (Å²) < 4.78 is 7.21. The summed E-state index contributed by atoms with van der Waals surface area (Å²) in [7, 11) is 0. The molecule has 3 aromatic carbocycles. The Morgan fingerprint density at radius 2 is 1.44 bits per heavy atom. The zero-order valence-electron chi connectivity index (χ0n) is 14.0. The minimum Gasteiger partial charge on any atom is -0.423 e. The van der Waals surface area contributed by atoms with Gasteiger partial charge in [0.2, 0.25) is 0 Å². The molecule has 0 aliphatic rings. The maximum Gasteiger partial charge on any atom is 0.343 e. The van der Waals surface area contributed by atoms with Crippen molar-refractivity contribution >= 4 is 33.4 Å². The highest BCUT2D eigenvalue weighted by Crippen LogP contribution is 2.19. The molecule has 0 aliphatic carbocycles. The van der Waals surface area contributed by atoms with E-state index in [9.17, 15) is 14.4 Å². The quantitative estimate of drug-likeness (QED) is 0.401. The van der Waals surface area contributed by atoms with E-state index < -0.39 is 11.9 Å². The van der Waals surface area contributed by atoms with Crippen molar-refractivity contribution in [1.82, 2.24) is 4.57 Å². The Hall–Kier alpha value is -3.51. The summed E-state index contributed by atoms with van der Waals surface area (Å²) in [6.07, 6.45) is 0. The van der Waals surface area contributed by atoms with Crippen LogP contribution in [-0.2, 0) is 0 Å². The standard InChI is InChI=1S/C21H13NO4S/c23-19(22-17-8-4-5-9-18(17)27-21(22)25)14-10-12-16(13-11-14)26-20(24)15-6-2-1-3-7-15/h1-13H. The van der Waals surface area contributed by atoms with E-state index in [1.165, 1.54) is 24.3 Å². The van der Waals surface area contributed by atoms with Gasteiger partial charge in [0.25, 0.3) is 5.91 Å². The highest BCUT2D eigenvalue weighted by atomic mass is 32.1. The molecule has 0 spiro atoms. The van der Waals surface area contributed by atoms with Crippen LogP contribution in [0.3, 0.4) is 0 Å². The van der Waals surface area contributed by atoms with Crippen LogP contribution < -0.4 is 9.61 Å². The molecule has 0 atom stereocenters. The van der Waals surface area contributed by atoms with Crippen molar-refractivity contribution in [3.05, 3.63) is 99.7 Å². The lowest BCUT2D eigenvalue weighted by Gasteiger charge is -2.06. The lowest BCUT2D eigenvalue weighted by molar-refractivity contribution is 0.0734. The fourth-order valence-corrected chi connectivity index (χ4v) is 3.56. The van der Waals surface area contributed by atoms with Crippen LogP contribution in [0.1, 0.15) is 20.7 Å². The number of rotatable bonds is 3. The fraction of sp³-hybridized carbons (Fsp3) is 0. The van der Waals surface area contributed by atoms with Crippen LogP contribution in [0.5, 0.6) is 5.75 Å². The van der Waals surface area contributed by atoms with Crippen LogP contribution in [-0.4, -0.2) is 16.4 Å². The number of esters is 1. The van der Waals surface area contributed by atoms with Crippen molar-refractivity contribution in [2.75, 3.05) is 0 Å². The average Bonchev–Trinajstić information content (AvgIpc) is 3.04. The molecule has 4 rings (SSSR count). The summed E-state index contributed by atoms with van der Waals surface area (Å²) in [4.78, 5) is 36.7. The zero-order valence-corrected chi connectivity index (χ0v) is 14.8. The van der Waals surface area contributed by atoms with Crippen molar-refractivity contribution < 1.29 is 14.3 Å². The molecule has 0 bridgehead atoms. The predicted octanol–water partition coefficient (Wildman–Crippen LogP) is 3.97. The third-order valence-electron chi connectivity index (χ3n) is 4.01. The molecule has 0 saturated heterocycles. The Labute approximate surface area is 158 Å². The highest BCUT2D eigenvalue weighted by Gasteiger charge is 2.16. The molecule has 5 nitrogen and oxygen atoms in total. The lowest BCUT2D eigenvalue weighted by Crippen LogP contribution is -2.22. The van der Waals surface area contributed by atoms with E-state index in [0.717, 1.165) is 20.6 Å². The van der Waals surface area contributed by atoms with Gasteiger partial charge in [-0.15, -0.1) is 0 Å². The van der Waals surface area contributed by atoms with Crippen LogP contribution >= 0.6 is 11.3 Å². The van der Waals surface area contributed by atoms with E-state index >= 15 is 0 Å². The second-order valence-corrected chi connectivity index (χ2v) is 6.75. The summed E-state index contributed by atoms with van der Waals surface area (Å²) in [6.45, 7) is 0. The van der Waals surface area contributed by atoms with E-state index in [1.54, 1.807) is 42.5 Å². The Morgan fingerprint density at radius 3 is 2.19 bits per heavy atom. The molecule has 1 heterocycles. The number of aromatic nitrogens is 1. The topological polar surface area (TPSA) is 65.4 Å². The summed E-state index contributed by atoms with van der Waals surface area (Å²) >= 11 is 1.03. The number of carbonyl (C=O) groups is 2. The molecule has 27 heavy (non-hydrogen) atoms. The van der Waals surface area contributed by atoms with Gasteiger partial charge >= 0.3 is 10.8 Å². The number of thiazole rings is 1. The van der Waals surface area contributed by atoms with Crippen LogP contribution in [0.2, 0.25) is 0 Å². The Morgan fingerprint density at radius 1 is 0.778 bits per heavy atom. The first kappa shape index (κ1) is 16.9. The second kappa shape index (κ2) is 7.01. The normalized spacial score (nSPS) is 10.7. The van der Waals surface area contributed by atoms with E-state index in [-0.39, 0.29) is 4.87 Å². The molecule has 6 heteroatoms. The van der Waals surface area contributed by atoms with Crippen molar-refractivity contribution in [3.8, 4) is 5.75 Å². The van der Waals surface area contributed by atoms with Gasteiger partial charge in [-0.2, -0.15) is 0 Å². The van der Waals surface area contributed by atoms with Crippen molar-refractivity contribution in [1.29, 1.82) is 0 Å². The summed E-state index contributed by atoms with van der Waals surface area (Å²) in [5, 5.41) is 0. The Balaban J connectivity index is 1.58. The molecule has 0 radical (unpaired) electrons. The van der Waals surface area contributed by atoms with Crippen LogP contribution in [0, 0.1) is 0 Å². The number of fused-ring (bicyclic) bond motifs is 1. The summed E-state index contributed by atoms with van der Waals surface area (Å²) in [6, 6.07) is 21.9. The van der Waals surface area contributed by atoms with Gasteiger partial charge in [0.15, 0.2) is 0 Å². The number of hydrogen-bond acceptors (Lipinski definition) is 5. The first-order valence-electron chi connectivity index (χ1n) is 8.16. The molecule has 0 unspecified atom stereocenters. The number of benzene rings is 3. The fourth-order valence-electron chi connectivity index (χ4n) is 2.69. The SMILES string of the molecule is O=C(Oc1ccc(C(=O)n2c(=O)sc3ccccc32)cc1)c1ccccc1. The Bertz CT molecular complexity index is 1190. The first-order chi connectivity index (χ1) is 13.1. The van der Waals surface area contributed by atoms with Gasteiger partial charge in [-0.05, 0) is 48.5 Å². The molecular formula is C21H13NO4S. The second-order valence-electron chi connectivity index (χ2n) is 5.76. The maximum absolute atomic E-state index is 12.8. The summed E-state index contributed by atoms with van der Waals surface area (Å²) in [5.74, 6) is -0.573. The van der Waals surface area contributed by atoms with Crippen LogP contribution in [0.15, 0.2) is 83.7 Å². The molecule has 0 N–H and O–H groups in total. The van der Waals surface area contributed by atoms with Gasteiger partial charge in [0.05, 0.1) is 15.8 Å². The third kappa shape index (κ3) is 3.30. The number of para-hydroxylation sites is 1. The van der Waals surface area contributed by atoms with Crippen molar-refractivity contribution in [2.24, 2.45) is 0 Å². The minimum atomic E-state index is -0.477. The molecule has 4 aromatic rings. The van der Waals surface area contributed by atoms with E-state index in [0.29, 0.717) is 22.4 Å². The molecule has 0 saturated carbocycles. The van der Waals surface area contributed by atoms with Crippen molar-refractivity contribution in [3.63, 3.8) is 0 Å². The number of ether oxygens (including phenoxy) is 1. The van der Waals surface area contributed by atoms with Gasteiger partial charge < -0.3 is 4.74 Å². The molecule has 132 valence electrons. The third-order valence-corrected chi connectivity index (χ3v) is 4.93. The maximum atomic E-state index is 12.8. The van der Waals surface area contributed by atoms with Crippen LogP contribution in [0.4, 0.5) is 0 Å². The molecule has 0 fully saturated rings. The molecule has 1 aromatic heterocycles. The highest BCUT2D eigenvalue weighted by molar-refractivity contribution is 7.16. The first-order valence-corrected chi connectivity index (χ1v) is 8.98. The molecule has 0 amide bonds. The molecular weight excluding hydrogens is 362 g/mol. The number of hydrogen-bond donors (Lipinski definition) is 0. The lowest BCUT2D eigenvalue weighted by atomic mass is 10.2. The van der Waals surface area contributed by atoms with E-state index in [1.807, 2.05) is 12.1 Å². The molecule has 0 aliphatic heterocycles. The average molecular weight is 375 g/mol. The van der Waals surface area contributed by atoms with Crippen molar-refractivity contribution in [2.45, 2.75) is 0 Å². The smallest absolute Gasteiger partial charge is 0.343 e. The predicted molar refractivity (Wildman–Crippen MR) is 104 cm³/mol. The summed E-state index contributed by atoms with van der Waals surface area (Å²) in [5.41, 5.74) is 1.35. The largest absolute Gasteiger partial charge is 0.423 e. The number of carbonyl (C=O) groups excluding carboxylic acids is 2. The van der Waals surface area contributed by atoms with Gasteiger partial charge in [-0.3, -0.25) is 9.59 Å². The zero-order chi connectivity index (χ0) is 18.8. The van der Waals surface area contributed by atoms with E-state index in [2.05, 4.69) is 0 Å². The minimum absolute atomic E-state index is 0.322.